The Morgan fingerprint density at radius 1 is 1.08 bits per heavy atom. The van der Waals surface area contributed by atoms with Crippen LogP contribution in [0.2, 0.25) is 0 Å². The second-order valence-electron chi connectivity index (χ2n) is 7.52. The van der Waals surface area contributed by atoms with Gasteiger partial charge in [0, 0.05) is 24.5 Å². The van der Waals surface area contributed by atoms with Gasteiger partial charge < -0.3 is 10.6 Å². The lowest BCUT2D eigenvalue weighted by atomic mass is 9.75. The summed E-state index contributed by atoms with van der Waals surface area (Å²) in [6.07, 6.45) is 2.14. The van der Waals surface area contributed by atoms with E-state index in [1.807, 2.05) is 48.2 Å². The van der Waals surface area contributed by atoms with Crippen LogP contribution in [-0.4, -0.2) is 23.9 Å². The average molecular weight is 373 g/mol. The van der Waals surface area contributed by atoms with Gasteiger partial charge in [-0.15, -0.1) is 12.4 Å². The third kappa shape index (κ3) is 4.28. The van der Waals surface area contributed by atoms with Gasteiger partial charge in [0.1, 0.15) is 0 Å². The van der Waals surface area contributed by atoms with Gasteiger partial charge in [-0.2, -0.15) is 0 Å². The maximum atomic E-state index is 13.1. The van der Waals surface area contributed by atoms with Crippen LogP contribution in [0.5, 0.6) is 0 Å². The number of carbonyl (C=O) groups excluding carboxylic acids is 1. The molecule has 3 rings (SSSR count). The normalized spacial score (nSPS) is 22.2. The van der Waals surface area contributed by atoms with Gasteiger partial charge in [-0.3, -0.25) is 4.79 Å². The SMILES string of the molecule is CC(C(=O)N1CCCC(C)(c2ccccc2)C1)C(N)c1ccccc1.Cl. The largest absolute Gasteiger partial charge is 0.342 e. The molecular weight excluding hydrogens is 344 g/mol. The monoisotopic (exact) mass is 372 g/mol. The van der Waals surface area contributed by atoms with Crippen LogP contribution in [0.25, 0.3) is 0 Å². The highest BCUT2D eigenvalue weighted by Crippen LogP contribution is 2.34. The summed E-state index contributed by atoms with van der Waals surface area (Å²) in [5, 5.41) is 0. The van der Waals surface area contributed by atoms with Gasteiger partial charge in [0.05, 0.1) is 5.92 Å². The van der Waals surface area contributed by atoms with Crippen molar-refractivity contribution in [3.05, 3.63) is 71.8 Å². The highest BCUT2D eigenvalue weighted by Gasteiger charge is 2.36. The summed E-state index contributed by atoms with van der Waals surface area (Å²) in [7, 11) is 0. The Morgan fingerprint density at radius 2 is 1.65 bits per heavy atom. The molecule has 1 aliphatic heterocycles. The molecule has 0 aromatic heterocycles. The number of amides is 1. The topological polar surface area (TPSA) is 46.3 Å². The van der Waals surface area contributed by atoms with E-state index in [2.05, 4.69) is 31.2 Å². The van der Waals surface area contributed by atoms with Crippen molar-refractivity contribution in [1.82, 2.24) is 4.90 Å². The molecule has 2 aromatic rings. The van der Waals surface area contributed by atoms with Gasteiger partial charge in [-0.25, -0.2) is 0 Å². The number of rotatable bonds is 4. The van der Waals surface area contributed by atoms with Gasteiger partial charge in [-0.1, -0.05) is 74.5 Å². The standard InChI is InChI=1S/C22H28N2O.ClH/c1-17(20(23)18-10-5-3-6-11-18)21(25)24-15-9-14-22(2,16-24)19-12-7-4-8-13-19;/h3-8,10-13,17,20H,9,14-16,23H2,1-2H3;1H. The van der Waals surface area contributed by atoms with E-state index in [9.17, 15) is 4.79 Å². The number of halogens is 1. The number of nitrogens with two attached hydrogens (primary N) is 1. The summed E-state index contributed by atoms with van der Waals surface area (Å²) in [5.74, 6) is -0.0567. The molecule has 2 aromatic carbocycles. The van der Waals surface area contributed by atoms with Gasteiger partial charge in [-0.05, 0) is 24.0 Å². The molecule has 4 heteroatoms. The van der Waals surface area contributed by atoms with Crippen LogP contribution in [0.1, 0.15) is 43.9 Å². The van der Waals surface area contributed by atoms with Gasteiger partial charge in [0.25, 0.3) is 0 Å². The van der Waals surface area contributed by atoms with E-state index in [0.29, 0.717) is 0 Å². The Hall–Kier alpha value is -1.84. The molecule has 3 atom stereocenters. The van der Waals surface area contributed by atoms with Crippen molar-refractivity contribution in [2.75, 3.05) is 13.1 Å². The average Bonchev–Trinajstić information content (AvgIpc) is 2.67. The number of hydrogen-bond donors (Lipinski definition) is 1. The number of benzene rings is 2. The highest BCUT2D eigenvalue weighted by molar-refractivity contribution is 5.85. The minimum absolute atomic E-state index is 0. The van der Waals surface area contributed by atoms with Crippen LogP contribution in [0.15, 0.2) is 60.7 Å². The van der Waals surface area contributed by atoms with Crippen LogP contribution in [0, 0.1) is 5.92 Å². The van der Waals surface area contributed by atoms with Crippen LogP contribution in [-0.2, 0) is 10.2 Å². The molecule has 1 saturated heterocycles. The van der Waals surface area contributed by atoms with Crippen molar-refractivity contribution in [1.29, 1.82) is 0 Å². The van der Waals surface area contributed by atoms with Crippen molar-refractivity contribution in [3.63, 3.8) is 0 Å². The summed E-state index contributed by atoms with van der Waals surface area (Å²) in [6, 6.07) is 20.2. The van der Waals surface area contributed by atoms with E-state index in [1.165, 1.54) is 5.56 Å². The molecule has 140 valence electrons. The first-order valence-corrected chi connectivity index (χ1v) is 9.16. The van der Waals surface area contributed by atoms with Crippen LogP contribution in [0.4, 0.5) is 0 Å². The fraction of sp³-hybridized carbons (Fsp3) is 0.409. The molecule has 1 amide bonds. The molecule has 1 fully saturated rings. The minimum atomic E-state index is -0.265. The first-order valence-electron chi connectivity index (χ1n) is 9.16. The molecule has 0 bridgehead atoms. The number of hydrogen-bond acceptors (Lipinski definition) is 2. The van der Waals surface area contributed by atoms with Crippen LogP contribution >= 0.6 is 12.4 Å². The molecule has 0 aliphatic carbocycles. The lowest BCUT2D eigenvalue weighted by molar-refractivity contribution is -0.137. The van der Waals surface area contributed by atoms with Crippen LogP contribution in [0.3, 0.4) is 0 Å². The van der Waals surface area contributed by atoms with Gasteiger partial charge in [0.2, 0.25) is 5.91 Å². The first kappa shape index (κ1) is 20.5. The van der Waals surface area contributed by atoms with E-state index < -0.39 is 0 Å². The van der Waals surface area contributed by atoms with Crippen molar-refractivity contribution in [2.24, 2.45) is 11.7 Å². The molecule has 0 saturated carbocycles. The molecular formula is C22H29ClN2O. The molecule has 3 unspecified atom stereocenters. The zero-order chi connectivity index (χ0) is 17.9. The van der Waals surface area contributed by atoms with Gasteiger partial charge >= 0.3 is 0 Å². The predicted octanol–water partition coefficient (Wildman–Crippen LogP) is 4.32. The molecule has 1 heterocycles. The third-order valence-corrected chi connectivity index (χ3v) is 5.59. The predicted molar refractivity (Wildman–Crippen MR) is 109 cm³/mol. The molecule has 3 nitrogen and oxygen atoms in total. The van der Waals surface area contributed by atoms with Crippen molar-refractivity contribution in [2.45, 2.75) is 38.1 Å². The second kappa shape index (κ2) is 8.70. The van der Waals surface area contributed by atoms with Crippen molar-refractivity contribution < 1.29 is 4.79 Å². The Morgan fingerprint density at radius 3 is 2.27 bits per heavy atom. The molecule has 0 radical (unpaired) electrons. The van der Waals surface area contributed by atoms with Crippen molar-refractivity contribution in [3.8, 4) is 0 Å². The van der Waals surface area contributed by atoms with E-state index in [0.717, 1.165) is 31.5 Å². The van der Waals surface area contributed by atoms with E-state index in [4.69, 9.17) is 5.73 Å². The molecule has 2 N–H and O–H groups in total. The summed E-state index contributed by atoms with van der Waals surface area (Å²) >= 11 is 0. The Labute approximate surface area is 163 Å². The number of piperidine rings is 1. The fourth-order valence-corrected chi connectivity index (χ4v) is 3.91. The first-order chi connectivity index (χ1) is 12.0. The lowest BCUT2D eigenvalue weighted by Gasteiger charge is -2.42. The number of nitrogens with zero attached hydrogens (tertiary/aromatic N) is 1. The zero-order valence-corrected chi connectivity index (χ0v) is 16.4. The maximum absolute atomic E-state index is 13.1. The minimum Gasteiger partial charge on any atom is -0.342 e. The Kier molecular flexibility index (Phi) is 6.85. The Balaban J connectivity index is 0.00000243. The van der Waals surface area contributed by atoms with Gasteiger partial charge in [0.15, 0.2) is 0 Å². The summed E-state index contributed by atoms with van der Waals surface area (Å²) < 4.78 is 0. The molecule has 26 heavy (non-hydrogen) atoms. The van der Waals surface area contributed by atoms with E-state index in [-0.39, 0.29) is 35.7 Å². The Bertz CT molecular complexity index is 707. The lowest BCUT2D eigenvalue weighted by Crippen LogP contribution is -2.49. The smallest absolute Gasteiger partial charge is 0.227 e. The third-order valence-electron chi connectivity index (χ3n) is 5.59. The second-order valence-corrected chi connectivity index (χ2v) is 7.52. The highest BCUT2D eigenvalue weighted by atomic mass is 35.5. The maximum Gasteiger partial charge on any atom is 0.227 e. The molecule has 0 spiro atoms. The summed E-state index contributed by atoms with van der Waals surface area (Å²) in [5.41, 5.74) is 8.73. The van der Waals surface area contributed by atoms with Crippen molar-refractivity contribution >= 4 is 18.3 Å². The van der Waals surface area contributed by atoms with E-state index >= 15 is 0 Å². The zero-order valence-electron chi connectivity index (χ0n) is 15.6. The molecule has 1 aliphatic rings. The van der Waals surface area contributed by atoms with Crippen LogP contribution < -0.4 is 5.73 Å². The number of likely N-dealkylation sites (tertiary alicyclic amines) is 1. The summed E-state index contributed by atoms with van der Waals surface area (Å²) in [6.45, 7) is 5.81. The van der Waals surface area contributed by atoms with E-state index in [1.54, 1.807) is 0 Å². The fourth-order valence-electron chi connectivity index (χ4n) is 3.91. The quantitative estimate of drug-likeness (QED) is 0.868. The summed E-state index contributed by atoms with van der Waals surface area (Å²) in [4.78, 5) is 15.1. The number of carbonyl (C=O) groups is 1.